The third-order valence-electron chi connectivity index (χ3n) is 3.16. The van der Waals surface area contributed by atoms with Crippen LogP contribution < -0.4 is 5.32 Å². The molecule has 0 bridgehead atoms. The molecule has 1 heterocycles. The lowest BCUT2D eigenvalue weighted by Gasteiger charge is -2.05. The zero-order valence-corrected chi connectivity index (χ0v) is 10.5. The number of hydrogen-bond donors (Lipinski definition) is 2. The van der Waals surface area contributed by atoms with Crippen LogP contribution >= 0.6 is 0 Å². The largest absolute Gasteiger partial charge is 0.326 e. The average molecular weight is 237 g/mol. The van der Waals surface area contributed by atoms with E-state index in [2.05, 4.69) is 47.3 Å². The number of H-pyrrole nitrogens is 1. The molecule has 1 aromatic heterocycles. The Kier molecular flexibility index (Phi) is 2.52. The van der Waals surface area contributed by atoms with Crippen molar-refractivity contribution in [1.82, 2.24) is 9.97 Å². The number of hydrogen-bond acceptors (Lipinski definition) is 2. The standard InChI is InChI=1S/C15H15N3/c1-10-7-8-12(9-11(10)2)16-15-17-13-5-3-4-6-14(13)18-15/h3-9H,1-2H3,(H2,16,17,18). The van der Waals surface area contributed by atoms with Gasteiger partial charge in [-0.2, -0.15) is 0 Å². The SMILES string of the molecule is Cc1ccc(Nc2nc3ccccc3[nH]2)cc1C. The highest BCUT2D eigenvalue weighted by Crippen LogP contribution is 2.20. The lowest BCUT2D eigenvalue weighted by atomic mass is 10.1. The van der Waals surface area contributed by atoms with E-state index in [4.69, 9.17) is 0 Å². The van der Waals surface area contributed by atoms with Crippen molar-refractivity contribution in [3.05, 3.63) is 53.6 Å². The second-order valence-corrected chi connectivity index (χ2v) is 4.53. The Morgan fingerprint density at radius 3 is 2.61 bits per heavy atom. The Bertz CT molecular complexity index is 665. The number of aryl methyl sites for hydroxylation is 2. The lowest BCUT2D eigenvalue weighted by Crippen LogP contribution is -1.93. The first-order chi connectivity index (χ1) is 8.72. The van der Waals surface area contributed by atoms with Gasteiger partial charge in [0.1, 0.15) is 0 Å². The predicted molar refractivity (Wildman–Crippen MR) is 75.3 cm³/mol. The number of imidazole rings is 1. The maximum Gasteiger partial charge on any atom is 0.205 e. The summed E-state index contributed by atoms with van der Waals surface area (Å²) in [6.07, 6.45) is 0. The summed E-state index contributed by atoms with van der Waals surface area (Å²) in [5.74, 6) is 0.777. The molecule has 3 rings (SSSR count). The molecule has 0 saturated heterocycles. The molecule has 0 spiro atoms. The van der Waals surface area contributed by atoms with Gasteiger partial charge in [-0.25, -0.2) is 4.98 Å². The summed E-state index contributed by atoms with van der Waals surface area (Å²) >= 11 is 0. The van der Waals surface area contributed by atoms with E-state index in [-0.39, 0.29) is 0 Å². The van der Waals surface area contributed by atoms with Gasteiger partial charge in [-0.15, -0.1) is 0 Å². The van der Waals surface area contributed by atoms with Gasteiger partial charge >= 0.3 is 0 Å². The molecule has 2 aromatic carbocycles. The van der Waals surface area contributed by atoms with Crippen molar-refractivity contribution >= 4 is 22.7 Å². The van der Waals surface area contributed by atoms with Crippen LogP contribution in [0.4, 0.5) is 11.6 Å². The zero-order valence-electron chi connectivity index (χ0n) is 10.5. The molecule has 0 aliphatic rings. The van der Waals surface area contributed by atoms with E-state index in [0.717, 1.165) is 22.7 Å². The second kappa shape index (κ2) is 4.18. The van der Waals surface area contributed by atoms with Gasteiger partial charge in [0.05, 0.1) is 11.0 Å². The van der Waals surface area contributed by atoms with Crippen LogP contribution in [0.3, 0.4) is 0 Å². The van der Waals surface area contributed by atoms with Crippen LogP contribution in [-0.2, 0) is 0 Å². The van der Waals surface area contributed by atoms with Crippen molar-refractivity contribution < 1.29 is 0 Å². The van der Waals surface area contributed by atoms with Crippen molar-refractivity contribution in [2.24, 2.45) is 0 Å². The molecule has 0 aliphatic heterocycles. The third kappa shape index (κ3) is 1.95. The van der Waals surface area contributed by atoms with Crippen LogP contribution in [0.1, 0.15) is 11.1 Å². The molecule has 90 valence electrons. The molecular weight excluding hydrogens is 222 g/mol. The van der Waals surface area contributed by atoms with Gasteiger partial charge in [0.15, 0.2) is 0 Å². The molecule has 0 amide bonds. The number of para-hydroxylation sites is 2. The van der Waals surface area contributed by atoms with Crippen molar-refractivity contribution in [1.29, 1.82) is 0 Å². The molecule has 0 aliphatic carbocycles. The van der Waals surface area contributed by atoms with Gasteiger partial charge in [-0.1, -0.05) is 18.2 Å². The molecule has 0 unspecified atom stereocenters. The molecule has 2 N–H and O–H groups in total. The van der Waals surface area contributed by atoms with Crippen LogP contribution in [0.5, 0.6) is 0 Å². The van der Waals surface area contributed by atoms with Crippen molar-refractivity contribution in [2.45, 2.75) is 13.8 Å². The Hall–Kier alpha value is -2.29. The predicted octanol–water partition coefficient (Wildman–Crippen LogP) is 3.92. The Morgan fingerprint density at radius 1 is 1.00 bits per heavy atom. The van der Waals surface area contributed by atoms with Crippen molar-refractivity contribution in [2.75, 3.05) is 5.32 Å². The van der Waals surface area contributed by atoms with E-state index >= 15 is 0 Å². The maximum absolute atomic E-state index is 4.49. The number of nitrogens with zero attached hydrogens (tertiary/aromatic N) is 1. The quantitative estimate of drug-likeness (QED) is 0.709. The maximum atomic E-state index is 4.49. The molecule has 18 heavy (non-hydrogen) atoms. The highest BCUT2D eigenvalue weighted by molar-refractivity contribution is 5.78. The molecule has 0 radical (unpaired) electrons. The molecular formula is C15H15N3. The summed E-state index contributed by atoms with van der Waals surface area (Å²) < 4.78 is 0. The van der Waals surface area contributed by atoms with Crippen molar-refractivity contribution in [3.8, 4) is 0 Å². The van der Waals surface area contributed by atoms with E-state index in [9.17, 15) is 0 Å². The summed E-state index contributed by atoms with van der Waals surface area (Å²) in [5, 5.41) is 3.29. The van der Waals surface area contributed by atoms with Crippen molar-refractivity contribution in [3.63, 3.8) is 0 Å². The summed E-state index contributed by atoms with van der Waals surface area (Å²) in [5.41, 5.74) is 5.64. The van der Waals surface area contributed by atoms with Gasteiger partial charge in [0, 0.05) is 5.69 Å². The van der Waals surface area contributed by atoms with Gasteiger partial charge in [0.25, 0.3) is 0 Å². The summed E-state index contributed by atoms with van der Waals surface area (Å²) in [6, 6.07) is 14.3. The number of nitrogens with one attached hydrogen (secondary N) is 2. The highest BCUT2D eigenvalue weighted by Gasteiger charge is 2.02. The number of aromatic amines is 1. The lowest BCUT2D eigenvalue weighted by molar-refractivity contribution is 1.29. The fraction of sp³-hybridized carbons (Fsp3) is 0.133. The smallest absolute Gasteiger partial charge is 0.205 e. The first-order valence-electron chi connectivity index (χ1n) is 6.01. The molecule has 3 nitrogen and oxygen atoms in total. The van der Waals surface area contributed by atoms with E-state index in [1.54, 1.807) is 0 Å². The first-order valence-corrected chi connectivity index (χ1v) is 6.01. The Balaban J connectivity index is 1.93. The topological polar surface area (TPSA) is 40.7 Å². The number of aromatic nitrogens is 2. The van der Waals surface area contributed by atoms with Crippen LogP contribution in [0.2, 0.25) is 0 Å². The number of benzene rings is 2. The van der Waals surface area contributed by atoms with Gasteiger partial charge in [-0.3, -0.25) is 0 Å². The average Bonchev–Trinajstić information content (AvgIpc) is 2.76. The minimum Gasteiger partial charge on any atom is -0.326 e. The molecule has 0 fully saturated rings. The normalized spacial score (nSPS) is 10.8. The van der Waals surface area contributed by atoms with Gasteiger partial charge < -0.3 is 10.3 Å². The van der Waals surface area contributed by atoms with Crippen LogP contribution in [0.25, 0.3) is 11.0 Å². The van der Waals surface area contributed by atoms with Gasteiger partial charge in [0.2, 0.25) is 5.95 Å². The third-order valence-corrected chi connectivity index (χ3v) is 3.16. The summed E-state index contributed by atoms with van der Waals surface area (Å²) in [6.45, 7) is 4.22. The van der Waals surface area contributed by atoms with Crippen LogP contribution in [0.15, 0.2) is 42.5 Å². The van der Waals surface area contributed by atoms with E-state index in [0.29, 0.717) is 0 Å². The Morgan fingerprint density at radius 2 is 1.83 bits per heavy atom. The van der Waals surface area contributed by atoms with E-state index in [1.807, 2.05) is 24.3 Å². The second-order valence-electron chi connectivity index (χ2n) is 4.53. The van der Waals surface area contributed by atoms with Gasteiger partial charge in [-0.05, 0) is 49.2 Å². The zero-order chi connectivity index (χ0) is 12.5. The highest BCUT2D eigenvalue weighted by atomic mass is 15.1. The minimum absolute atomic E-state index is 0.777. The first kappa shape index (κ1) is 10.8. The fourth-order valence-electron chi connectivity index (χ4n) is 1.97. The minimum atomic E-state index is 0.777. The monoisotopic (exact) mass is 237 g/mol. The summed E-state index contributed by atoms with van der Waals surface area (Å²) in [7, 11) is 0. The fourth-order valence-corrected chi connectivity index (χ4v) is 1.97. The number of fused-ring (bicyclic) bond motifs is 1. The Labute approximate surface area is 106 Å². The number of anilines is 2. The number of rotatable bonds is 2. The van der Waals surface area contributed by atoms with Crippen LogP contribution in [0, 0.1) is 13.8 Å². The molecule has 0 saturated carbocycles. The molecule has 3 heteroatoms. The molecule has 0 atom stereocenters. The summed E-state index contributed by atoms with van der Waals surface area (Å²) in [4.78, 5) is 7.75. The van der Waals surface area contributed by atoms with E-state index in [1.165, 1.54) is 11.1 Å². The van der Waals surface area contributed by atoms with Crippen LogP contribution in [-0.4, -0.2) is 9.97 Å². The molecule has 3 aromatic rings. The van der Waals surface area contributed by atoms with E-state index < -0.39 is 0 Å².